The summed E-state index contributed by atoms with van der Waals surface area (Å²) >= 11 is 0. The molecular formula is C31H30N2O. The molecule has 5 rings (SSSR count). The van der Waals surface area contributed by atoms with E-state index >= 15 is 0 Å². The Labute approximate surface area is 201 Å². The Kier molecular flexibility index (Phi) is 6.20. The molecule has 0 amide bonds. The van der Waals surface area contributed by atoms with Crippen molar-refractivity contribution in [2.75, 3.05) is 19.0 Å². The topological polar surface area (TPSA) is 17.4 Å². The fourth-order valence-corrected chi connectivity index (χ4v) is 4.68. The Balaban J connectivity index is 1.70. The molecule has 5 aromatic rings. The van der Waals surface area contributed by atoms with Crippen LogP contribution in [0.3, 0.4) is 0 Å². The molecule has 4 aromatic carbocycles. The van der Waals surface area contributed by atoms with Crippen LogP contribution in [0.4, 0.5) is 5.69 Å². The number of anilines is 1. The maximum Gasteiger partial charge on any atom is 0.111 e. The van der Waals surface area contributed by atoms with Gasteiger partial charge < -0.3 is 14.2 Å². The second-order valence-corrected chi connectivity index (χ2v) is 8.87. The molecule has 3 nitrogen and oxygen atoms in total. The number of para-hydroxylation sites is 1. The summed E-state index contributed by atoms with van der Waals surface area (Å²) in [7, 11) is 6.28. The van der Waals surface area contributed by atoms with E-state index in [1.165, 1.54) is 39.0 Å². The molecule has 3 heteroatoms. The predicted octanol–water partition coefficient (Wildman–Crippen LogP) is 7.22. The number of aryl methyl sites for hydroxylation is 1. The lowest BCUT2D eigenvalue weighted by molar-refractivity contribution is 0.0679. The lowest BCUT2D eigenvalue weighted by Crippen LogP contribution is -2.11. The first-order valence-electron chi connectivity index (χ1n) is 11.7. The van der Waals surface area contributed by atoms with Gasteiger partial charge in [0.1, 0.15) is 6.10 Å². The number of ether oxygens (including phenoxy) is 1. The minimum Gasteiger partial charge on any atom is -0.378 e. The number of hydrogen-bond donors (Lipinski definition) is 0. The van der Waals surface area contributed by atoms with Gasteiger partial charge in [-0.3, -0.25) is 0 Å². The van der Waals surface area contributed by atoms with Gasteiger partial charge >= 0.3 is 0 Å². The minimum atomic E-state index is -0.210. The van der Waals surface area contributed by atoms with Crippen molar-refractivity contribution in [3.8, 4) is 11.3 Å². The van der Waals surface area contributed by atoms with Crippen molar-refractivity contribution < 1.29 is 4.74 Å². The molecule has 1 heterocycles. The van der Waals surface area contributed by atoms with E-state index in [2.05, 4.69) is 134 Å². The third kappa shape index (κ3) is 4.23. The monoisotopic (exact) mass is 446 g/mol. The number of rotatable bonds is 7. The van der Waals surface area contributed by atoms with Gasteiger partial charge in [-0.2, -0.15) is 0 Å². The van der Waals surface area contributed by atoms with Crippen molar-refractivity contribution >= 4 is 16.6 Å². The van der Waals surface area contributed by atoms with E-state index in [1.807, 2.05) is 6.07 Å². The standard InChI is InChI=1S/C31H30N2O/c1-32(2)26-20-18-25(19-21-26)31(34-22-23-12-6-4-7-13-23)29-27-16-10-11-17-28(27)33(3)30(29)24-14-8-5-9-15-24/h4-21,31H,22H2,1-3H3. The molecule has 0 fully saturated rings. The summed E-state index contributed by atoms with van der Waals surface area (Å²) in [5, 5.41) is 1.22. The maximum atomic E-state index is 6.76. The van der Waals surface area contributed by atoms with E-state index in [4.69, 9.17) is 4.74 Å². The fourth-order valence-electron chi connectivity index (χ4n) is 4.68. The van der Waals surface area contributed by atoms with Crippen LogP contribution in [0.5, 0.6) is 0 Å². The van der Waals surface area contributed by atoms with Gasteiger partial charge in [0.15, 0.2) is 0 Å². The molecule has 1 atom stereocenters. The van der Waals surface area contributed by atoms with Crippen molar-refractivity contribution in [3.05, 3.63) is 126 Å². The van der Waals surface area contributed by atoms with Crippen molar-refractivity contribution in [3.63, 3.8) is 0 Å². The molecule has 0 radical (unpaired) electrons. The van der Waals surface area contributed by atoms with Gasteiger partial charge in [-0.25, -0.2) is 0 Å². The fraction of sp³-hybridized carbons (Fsp3) is 0.161. The van der Waals surface area contributed by atoms with Crippen LogP contribution in [0.2, 0.25) is 0 Å². The average molecular weight is 447 g/mol. The summed E-state index contributed by atoms with van der Waals surface area (Å²) in [6.45, 7) is 0.540. The molecule has 0 saturated heterocycles. The first kappa shape index (κ1) is 22.0. The second kappa shape index (κ2) is 9.58. The molecule has 170 valence electrons. The highest BCUT2D eigenvalue weighted by Crippen LogP contribution is 2.41. The summed E-state index contributed by atoms with van der Waals surface area (Å²) in [5.41, 5.74) is 8.28. The Hall–Kier alpha value is -3.82. The Morgan fingerprint density at radius 1 is 0.735 bits per heavy atom. The zero-order chi connectivity index (χ0) is 23.5. The molecule has 0 aliphatic rings. The van der Waals surface area contributed by atoms with Crippen LogP contribution in [0.15, 0.2) is 109 Å². The van der Waals surface area contributed by atoms with Crippen LogP contribution in [0.25, 0.3) is 22.2 Å². The average Bonchev–Trinajstić information content (AvgIpc) is 3.18. The van der Waals surface area contributed by atoms with E-state index in [1.54, 1.807) is 0 Å². The van der Waals surface area contributed by atoms with Crippen molar-refractivity contribution in [1.82, 2.24) is 4.57 Å². The van der Waals surface area contributed by atoms with Crippen LogP contribution in [0.1, 0.15) is 22.8 Å². The van der Waals surface area contributed by atoms with Crippen LogP contribution < -0.4 is 4.90 Å². The summed E-state index contributed by atoms with van der Waals surface area (Å²) in [6.07, 6.45) is -0.210. The van der Waals surface area contributed by atoms with Crippen LogP contribution in [0, 0.1) is 0 Å². The molecule has 0 aliphatic heterocycles. The van der Waals surface area contributed by atoms with Gasteiger partial charge in [-0.1, -0.05) is 91.0 Å². The second-order valence-electron chi connectivity index (χ2n) is 8.87. The highest BCUT2D eigenvalue weighted by atomic mass is 16.5. The van der Waals surface area contributed by atoms with Gasteiger partial charge in [-0.05, 0) is 34.9 Å². The maximum absolute atomic E-state index is 6.76. The van der Waals surface area contributed by atoms with Crippen molar-refractivity contribution in [2.45, 2.75) is 12.7 Å². The molecule has 1 unspecified atom stereocenters. The van der Waals surface area contributed by atoms with E-state index < -0.39 is 0 Å². The first-order valence-corrected chi connectivity index (χ1v) is 11.7. The zero-order valence-electron chi connectivity index (χ0n) is 20.0. The highest BCUT2D eigenvalue weighted by molar-refractivity contribution is 5.92. The number of aromatic nitrogens is 1. The van der Waals surface area contributed by atoms with E-state index in [0.717, 1.165) is 5.56 Å². The third-order valence-electron chi connectivity index (χ3n) is 6.43. The minimum absolute atomic E-state index is 0.210. The molecule has 34 heavy (non-hydrogen) atoms. The van der Waals surface area contributed by atoms with Gasteiger partial charge in [0.25, 0.3) is 0 Å². The zero-order valence-corrected chi connectivity index (χ0v) is 20.0. The lowest BCUT2D eigenvalue weighted by Gasteiger charge is -2.22. The molecular weight excluding hydrogens is 416 g/mol. The number of fused-ring (bicyclic) bond motifs is 1. The van der Waals surface area contributed by atoms with Crippen molar-refractivity contribution in [1.29, 1.82) is 0 Å². The van der Waals surface area contributed by atoms with Crippen LogP contribution in [-0.2, 0) is 18.4 Å². The van der Waals surface area contributed by atoms with Crippen LogP contribution in [-0.4, -0.2) is 18.7 Å². The molecule has 1 aromatic heterocycles. The number of nitrogens with zero attached hydrogens (tertiary/aromatic N) is 2. The lowest BCUT2D eigenvalue weighted by atomic mass is 9.95. The number of hydrogen-bond acceptors (Lipinski definition) is 2. The third-order valence-corrected chi connectivity index (χ3v) is 6.43. The molecule has 0 bridgehead atoms. The van der Waals surface area contributed by atoms with E-state index in [0.29, 0.717) is 6.61 Å². The SMILES string of the molecule is CN(C)c1ccc(C(OCc2ccccc2)c2c(-c3ccccc3)n(C)c3ccccc23)cc1. The first-order chi connectivity index (χ1) is 16.6. The van der Waals surface area contributed by atoms with E-state index in [-0.39, 0.29) is 6.10 Å². The molecule has 0 spiro atoms. The quantitative estimate of drug-likeness (QED) is 0.263. The molecule has 0 aliphatic carbocycles. The predicted molar refractivity (Wildman–Crippen MR) is 142 cm³/mol. The van der Waals surface area contributed by atoms with Crippen molar-refractivity contribution in [2.24, 2.45) is 7.05 Å². The summed E-state index contributed by atoms with van der Waals surface area (Å²) in [5.74, 6) is 0. The number of benzene rings is 4. The van der Waals surface area contributed by atoms with Gasteiger partial charge in [-0.15, -0.1) is 0 Å². The normalized spacial score (nSPS) is 12.1. The Morgan fingerprint density at radius 3 is 2.03 bits per heavy atom. The smallest absolute Gasteiger partial charge is 0.111 e. The Bertz CT molecular complexity index is 1370. The summed E-state index contributed by atoms with van der Waals surface area (Å²) in [4.78, 5) is 2.12. The largest absolute Gasteiger partial charge is 0.378 e. The Morgan fingerprint density at radius 2 is 1.35 bits per heavy atom. The molecule has 0 saturated carbocycles. The van der Waals surface area contributed by atoms with Gasteiger partial charge in [0.05, 0.1) is 12.3 Å². The summed E-state index contributed by atoms with van der Waals surface area (Å²) < 4.78 is 9.06. The van der Waals surface area contributed by atoms with Gasteiger partial charge in [0.2, 0.25) is 0 Å². The molecule has 0 N–H and O–H groups in total. The summed E-state index contributed by atoms with van der Waals surface area (Å²) in [6, 6.07) is 38.4. The highest BCUT2D eigenvalue weighted by Gasteiger charge is 2.26. The van der Waals surface area contributed by atoms with E-state index in [9.17, 15) is 0 Å². The van der Waals surface area contributed by atoms with Crippen LogP contribution >= 0.6 is 0 Å². The van der Waals surface area contributed by atoms with Gasteiger partial charge in [0, 0.05) is 43.3 Å².